The van der Waals surface area contributed by atoms with E-state index in [2.05, 4.69) is 0 Å². The molecule has 3 heterocycles. The number of esters is 1. The van der Waals surface area contributed by atoms with Gasteiger partial charge in [-0.1, -0.05) is 0 Å². The molecule has 0 radical (unpaired) electrons. The molecule has 4 rings (SSSR count). The van der Waals surface area contributed by atoms with E-state index in [1.54, 1.807) is 17.0 Å². The minimum Gasteiger partial charge on any atom is -0.453 e. The van der Waals surface area contributed by atoms with Crippen LogP contribution in [0.5, 0.6) is 0 Å². The number of carbonyl (C=O) groups is 3. The summed E-state index contributed by atoms with van der Waals surface area (Å²) in [6.45, 7) is 2.08. The minimum absolute atomic E-state index is 0.0429. The fourth-order valence-electron chi connectivity index (χ4n) is 3.40. The molecule has 0 unspecified atom stereocenters. The summed E-state index contributed by atoms with van der Waals surface area (Å²) in [6.07, 6.45) is 3.45. The Hall–Kier alpha value is -2.03. The van der Waals surface area contributed by atoms with Crippen molar-refractivity contribution in [1.82, 2.24) is 4.90 Å². The molecule has 0 bridgehead atoms. The predicted molar refractivity (Wildman–Crippen MR) is 106 cm³/mol. The average molecular weight is 420 g/mol. The Labute approximate surface area is 171 Å². The van der Waals surface area contributed by atoms with Gasteiger partial charge in [-0.3, -0.25) is 9.59 Å². The third-order valence-corrected chi connectivity index (χ3v) is 7.25. The first-order valence-electron chi connectivity index (χ1n) is 9.36. The number of ether oxygens (including phenoxy) is 2. The van der Waals surface area contributed by atoms with Gasteiger partial charge in [-0.15, -0.1) is 22.7 Å². The van der Waals surface area contributed by atoms with Crippen LogP contribution >= 0.6 is 22.7 Å². The van der Waals surface area contributed by atoms with E-state index in [1.807, 2.05) is 6.07 Å². The standard InChI is InChI=1S/C20H21NO5S2/c22-15(12-26-20(24)18-10-13-2-1-3-16(13)28-18)17-5-4-14(27-17)11-19(23)21-6-8-25-9-7-21/h4-5,10H,1-3,6-9,11-12H2. The second-order valence-corrected chi connectivity index (χ2v) is 9.15. The van der Waals surface area contributed by atoms with Gasteiger partial charge in [0.15, 0.2) is 6.61 Å². The Bertz CT molecular complexity index is 873. The molecule has 1 amide bonds. The molecule has 0 N–H and O–H groups in total. The van der Waals surface area contributed by atoms with Crippen LogP contribution in [0.4, 0.5) is 0 Å². The van der Waals surface area contributed by atoms with E-state index < -0.39 is 5.97 Å². The molecule has 2 aromatic rings. The summed E-state index contributed by atoms with van der Waals surface area (Å²) in [7, 11) is 0. The lowest BCUT2D eigenvalue weighted by atomic mass is 10.2. The molecule has 2 aromatic heterocycles. The molecular weight excluding hydrogens is 398 g/mol. The van der Waals surface area contributed by atoms with Gasteiger partial charge in [-0.2, -0.15) is 0 Å². The number of hydrogen-bond donors (Lipinski definition) is 0. The van der Waals surface area contributed by atoms with Gasteiger partial charge < -0.3 is 14.4 Å². The number of rotatable bonds is 6. The lowest BCUT2D eigenvalue weighted by Crippen LogP contribution is -2.41. The molecule has 1 aliphatic heterocycles. The lowest BCUT2D eigenvalue weighted by Gasteiger charge is -2.26. The molecule has 1 aliphatic carbocycles. The Balaban J connectivity index is 1.29. The number of ketones is 1. The molecular formula is C20H21NO5S2. The van der Waals surface area contributed by atoms with Crippen LogP contribution in [-0.2, 0) is 33.5 Å². The molecule has 0 saturated carbocycles. The fourth-order valence-corrected chi connectivity index (χ4v) is 5.47. The highest BCUT2D eigenvalue weighted by Gasteiger charge is 2.21. The van der Waals surface area contributed by atoms with Crippen LogP contribution in [0.2, 0.25) is 0 Å². The number of carbonyl (C=O) groups excluding carboxylic acids is 3. The maximum atomic E-state index is 12.3. The van der Waals surface area contributed by atoms with Crippen LogP contribution in [0.3, 0.4) is 0 Å². The smallest absolute Gasteiger partial charge is 0.348 e. The highest BCUT2D eigenvalue weighted by Crippen LogP contribution is 2.31. The van der Waals surface area contributed by atoms with Crippen molar-refractivity contribution in [1.29, 1.82) is 0 Å². The van der Waals surface area contributed by atoms with Crippen LogP contribution < -0.4 is 0 Å². The van der Waals surface area contributed by atoms with Crippen molar-refractivity contribution in [2.45, 2.75) is 25.7 Å². The van der Waals surface area contributed by atoms with Crippen molar-refractivity contribution in [2.24, 2.45) is 0 Å². The number of Topliss-reactive ketones (excluding diaryl/α,β-unsaturated/α-hetero) is 1. The van der Waals surface area contributed by atoms with Crippen LogP contribution in [0.15, 0.2) is 18.2 Å². The maximum Gasteiger partial charge on any atom is 0.348 e. The third kappa shape index (κ3) is 4.34. The number of thiophene rings is 2. The molecule has 0 atom stereocenters. The summed E-state index contributed by atoms with van der Waals surface area (Å²) in [6, 6.07) is 5.38. The van der Waals surface area contributed by atoms with E-state index in [9.17, 15) is 14.4 Å². The van der Waals surface area contributed by atoms with Crippen molar-refractivity contribution >= 4 is 40.3 Å². The van der Waals surface area contributed by atoms with Crippen molar-refractivity contribution < 1.29 is 23.9 Å². The van der Waals surface area contributed by atoms with Crippen LogP contribution in [0.25, 0.3) is 0 Å². The molecule has 0 spiro atoms. The van der Waals surface area contributed by atoms with Gasteiger partial charge in [-0.05, 0) is 43.0 Å². The lowest BCUT2D eigenvalue weighted by molar-refractivity contribution is -0.134. The first-order chi connectivity index (χ1) is 13.6. The Morgan fingerprint density at radius 3 is 2.68 bits per heavy atom. The van der Waals surface area contributed by atoms with Crippen LogP contribution in [-0.4, -0.2) is 55.5 Å². The van der Waals surface area contributed by atoms with Crippen molar-refractivity contribution in [2.75, 3.05) is 32.9 Å². The summed E-state index contributed by atoms with van der Waals surface area (Å²) in [5.41, 5.74) is 1.23. The van der Waals surface area contributed by atoms with Gasteiger partial charge in [-0.25, -0.2) is 4.79 Å². The highest BCUT2D eigenvalue weighted by atomic mass is 32.1. The first-order valence-corrected chi connectivity index (χ1v) is 11.0. The van der Waals surface area contributed by atoms with Gasteiger partial charge in [0.25, 0.3) is 0 Å². The quantitative estimate of drug-likeness (QED) is 0.532. The number of fused-ring (bicyclic) bond motifs is 1. The monoisotopic (exact) mass is 419 g/mol. The summed E-state index contributed by atoms with van der Waals surface area (Å²) in [5.74, 6) is -0.638. The Kier molecular flexibility index (Phi) is 5.89. The number of morpholine rings is 1. The number of hydrogen-bond acceptors (Lipinski definition) is 7. The summed E-state index contributed by atoms with van der Waals surface area (Å²) < 4.78 is 10.5. The predicted octanol–water partition coefficient (Wildman–Crippen LogP) is 2.74. The van der Waals surface area contributed by atoms with E-state index in [4.69, 9.17) is 9.47 Å². The molecule has 148 valence electrons. The van der Waals surface area contributed by atoms with Crippen molar-refractivity contribution in [3.05, 3.63) is 43.3 Å². The maximum absolute atomic E-state index is 12.3. The molecule has 8 heteroatoms. The van der Waals surface area contributed by atoms with E-state index in [0.717, 1.165) is 24.1 Å². The molecule has 28 heavy (non-hydrogen) atoms. The molecule has 1 fully saturated rings. The fraction of sp³-hybridized carbons (Fsp3) is 0.450. The topological polar surface area (TPSA) is 72.9 Å². The Morgan fingerprint density at radius 1 is 1.07 bits per heavy atom. The van der Waals surface area contributed by atoms with E-state index in [1.165, 1.54) is 33.1 Å². The molecule has 6 nitrogen and oxygen atoms in total. The summed E-state index contributed by atoms with van der Waals surface area (Å²) >= 11 is 2.75. The second kappa shape index (κ2) is 8.55. The second-order valence-electron chi connectivity index (χ2n) is 6.85. The van der Waals surface area contributed by atoms with Gasteiger partial charge in [0.2, 0.25) is 11.7 Å². The summed E-state index contributed by atoms with van der Waals surface area (Å²) in [4.78, 5) is 41.8. The van der Waals surface area contributed by atoms with Crippen molar-refractivity contribution in [3.63, 3.8) is 0 Å². The number of amides is 1. The SMILES string of the molecule is O=C(COC(=O)c1cc2c(s1)CCC2)c1ccc(CC(=O)N2CCOCC2)s1. The normalized spacial score (nSPS) is 16.1. The molecule has 2 aliphatic rings. The zero-order chi connectivity index (χ0) is 19.5. The first kappa shape index (κ1) is 19.3. The van der Waals surface area contributed by atoms with E-state index in [0.29, 0.717) is 36.1 Å². The van der Waals surface area contributed by atoms with Crippen LogP contribution in [0, 0.1) is 0 Å². The number of aryl methyl sites for hydroxylation is 2. The van der Waals surface area contributed by atoms with E-state index >= 15 is 0 Å². The van der Waals surface area contributed by atoms with Gasteiger partial charge in [0, 0.05) is 22.8 Å². The Morgan fingerprint density at radius 2 is 1.89 bits per heavy atom. The molecule has 1 saturated heterocycles. The average Bonchev–Trinajstić information content (AvgIpc) is 3.42. The van der Waals surface area contributed by atoms with Gasteiger partial charge in [0.05, 0.1) is 24.5 Å². The van der Waals surface area contributed by atoms with Gasteiger partial charge >= 0.3 is 5.97 Å². The molecule has 0 aromatic carbocycles. The zero-order valence-corrected chi connectivity index (χ0v) is 17.0. The largest absolute Gasteiger partial charge is 0.453 e. The third-order valence-electron chi connectivity index (χ3n) is 4.91. The zero-order valence-electron chi connectivity index (χ0n) is 15.4. The van der Waals surface area contributed by atoms with Crippen LogP contribution in [0.1, 0.15) is 41.1 Å². The minimum atomic E-state index is -0.438. The number of nitrogens with zero attached hydrogens (tertiary/aromatic N) is 1. The van der Waals surface area contributed by atoms with Crippen molar-refractivity contribution in [3.8, 4) is 0 Å². The van der Waals surface area contributed by atoms with Gasteiger partial charge in [0.1, 0.15) is 4.88 Å². The van der Waals surface area contributed by atoms with E-state index in [-0.39, 0.29) is 24.7 Å². The summed E-state index contributed by atoms with van der Waals surface area (Å²) in [5, 5.41) is 0. The highest BCUT2D eigenvalue weighted by molar-refractivity contribution is 7.14.